The van der Waals surface area contributed by atoms with E-state index in [1.165, 1.54) is 6.07 Å². The average molecular weight is 349 g/mol. The summed E-state index contributed by atoms with van der Waals surface area (Å²) in [7, 11) is 0. The third kappa shape index (κ3) is 3.69. The number of aromatic nitrogens is 1. The van der Waals surface area contributed by atoms with Crippen molar-refractivity contribution in [3.63, 3.8) is 0 Å². The number of pyridine rings is 1. The van der Waals surface area contributed by atoms with Gasteiger partial charge in [0.15, 0.2) is 17.4 Å². The van der Waals surface area contributed by atoms with E-state index in [4.69, 9.17) is 10.5 Å². The maximum atomic E-state index is 14.7. The second kappa shape index (κ2) is 7.86. The molecule has 0 bridgehead atoms. The van der Waals surface area contributed by atoms with Gasteiger partial charge in [0.1, 0.15) is 5.75 Å². The molecule has 1 atom stereocenters. The van der Waals surface area contributed by atoms with Gasteiger partial charge < -0.3 is 10.5 Å². The molecule has 2 N–H and O–H groups in total. The maximum absolute atomic E-state index is 14.7. The number of hydrogen-bond donors (Lipinski definition) is 1. The molecule has 0 saturated heterocycles. The molecule has 0 aliphatic heterocycles. The molecule has 0 saturated carbocycles. The number of benzene rings is 2. The molecular weight excluding hydrogens is 334 g/mol. The molecule has 6 heteroatoms. The highest BCUT2D eigenvalue weighted by Crippen LogP contribution is 2.33. The summed E-state index contributed by atoms with van der Waals surface area (Å²) in [4.78, 5) is 3.96. The van der Waals surface area contributed by atoms with E-state index in [-0.39, 0.29) is 18.0 Å². The molecule has 1 aromatic heterocycles. The first-order chi connectivity index (χ1) is 11.2. The molecule has 3 aromatic rings. The molecule has 1 heterocycles. The van der Waals surface area contributed by atoms with Crippen LogP contribution in [0.4, 0.5) is 8.78 Å². The van der Waals surface area contributed by atoms with Crippen LogP contribution in [0.5, 0.6) is 11.5 Å². The highest BCUT2D eigenvalue weighted by atomic mass is 35.5. The summed E-state index contributed by atoms with van der Waals surface area (Å²) in [5.41, 5.74) is 6.84. The van der Waals surface area contributed by atoms with Crippen LogP contribution in [0, 0.1) is 11.6 Å². The lowest BCUT2D eigenvalue weighted by Crippen LogP contribution is -2.14. The fraction of sp³-hybridized carbons (Fsp3) is 0.0556. The third-order valence-corrected chi connectivity index (χ3v) is 3.42. The number of nitrogens with zero attached hydrogens (tertiary/aromatic N) is 1. The van der Waals surface area contributed by atoms with Crippen LogP contribution in [-0.2, 0) is 0 Å². The van der Waals surface area contributed by atoms with E-state index < -0.39 is 23.4 Å². The molecular formula is C18H15ClF2N2O. The van der Waals surface area contributed by atoms with E-state index in [9.17, 15) is 8.78 Å². The van der Waals surface area contributed by atoms with Gasteiger partial charge in [-0.1, -0.05) is 30.3 Å². The van der Waals surface area contributed by atoms with E-state index in [0.29, 0.717) is 11.3 Å². The Morgan fingerprint density at radius 2 is 1.71 bits per heavy atom. The fourth-order valence-electron chi connectivity index (χ4n) is 2.23. The van der Waals surface area contributed by atoms with E-state index in [1.807, 2.05) is 0 Å². The largest absolute Gasteiger partial charge is 0.451 e. The van der Waals surface area contributed by atoms with E-state index in [2.05, 4.69) is 4.98 Å². The van der Waals surface area contributed by atoms with Crippen LogP contribution in [0.1, 0.15) is 17.2 Å². The normalized spacial score (nSPS) is 11.5. The number of ether oxygens (including phenoxy) is 1. The molecule has 0 aliphatic carbocycles. The standard InChI is InChI=1S/C18H14F2N2O.ClH/c19-15-9-8-14(17(21)12-5-4-10-22-11-12)16(20)18(15)23-13-6-2-1-3-7-13;/h1-11,17H,21H2;1H. The first kappa shape index (κ1) is 17.8. The van der Waals surface area contributed by atoms with Gasteiger partial charge >= 0.3 is 0 Å². The number of para-hydroxylation sites is 1. The smallest absolute Gasteiger partial charge is 0.198 e. The van der Waals surface area contributed by atoms with Gasteiger partial charge in [-0.3, -0.25) is 4.98 Å². The Kier molecular flexibility index (Phi) is 5.84. The monoisotopic (exact) mass is 348 g/mol. The summed E-state index contributed by atoms with van der Waals surface area (Å²) in [6.45, 7) is 0. The molecule has 0 spiro atoms. The predicted octanol–water partition coefficient (Wildman–Crippen LogP) is 4.62. The third-order valence-electron chi connectivity index (χ3n) is 3.42. The minimum absolute atomic E-state index is 0. The SMILES string of the molecule is Cl.NC(c1cccnc1)c1ccc(F)c(Oc2ccccc2)c1F. The summed E-state index contributed by atoms with van der Waals surface area (Å²) in [6, 6.07) is 13.6. The molecule has 0 fully saturated rings. The first-order valence-corrected chi connectivity index (χ1v) is 7.03. The Balaban J connectivity index is 0.00000208. The Morgan fingerprint density at radius 3 is 2.38 bits per heavy atom. The zero-order valence-corrected chi connectivity index (χ0v) is 13.3. The Labute approximate surface area is 144 Å². The first-order valence-electron chi connectivity index (χ1n) is 7.03. The van der Waals surface area contributed by atoms with Gasteiger partial charge in [0, 0.05) is 18.0 Å². The van der Waals surface area contributed by atoms with Crippen LogP contribution in [-0.4, -0.2) is 4.98 Å². The van der Waals surface area contributed by atoms with Crippen molar-refractivity contribution in [3.05, 3.63) is 89.8 Å². The van der Waals surface area contributed by atoms with Crippen molar-refractivity contribution in [1.82, 2.24) is 4.98 Å². The van der Waals surface area contributed by atoms with Gasteiger partial charge in [-0.15, -0.1) is 12.4 Å². The van der Waals surface area contributed by atoms with Crippen molar-refractivity contribution in [1.29, 1.82) is 0 Å². The molecule has 3 rings (SSSR count). The van der Waals surface area contributed by atoms with Crippen molar-refractivity contribution in [2.24, 2.45) is 5.73 Å². The summed E-state index contributed by atoms with van der Waals surface area (Å²) in [6.07, 6.45) is 3.15. The van der Waals surface area contributed by atoms with Crippen molar-refractivity contribution in [3.8, 4) is 11.5 Å². The van der Waals surface area contributed by atoms with Gasteiger partial charge in [0.2, 0.25) is 0 Å². The lowest BCUT2D eigenvalue weighted by Gasteiger charge is -2.16. The van der Waals surface area contributed by atoms with Crippen molar-refractivity contribution in [2.75, 3.05) is 0 Å². The molecule has 0 aliphatic rings. The average Bonchev–Trinajstić information content (AvgIpc) is 2.60. The Bertz CT molecular complexity index is 801. The van der Waals surface area contributed by atoms with Gasteiger partial charge in [-0.05, 0) is 29.8 Å². The zero-order chi connectivity index (χ0) is 16.2. The Hall–Kier alpha value is -2.50. The highest BCUT2D eigenvalue weighted by molar-refractivity contribution is 5.85. The quantitative estimate of drug-likeness (QED) is 0.748. The molecule has 3 nitrogen and oxygen atoms in total. The summed E-state index contributed by atoms with van der Waals surface area (Å²) < 4.78 is 34.0. The van der Waals surface area contributed by atoms with Crippen molar-refractivity contribution in [2.45, 2.75) is 6.04 Å². The van der Waals surface area contributed by atoms with Gasteiger partial charge in [0.25, 0.3) is 0 Å². The van der Waals surface area contributed by atoms with E-state index >= 15 is 0 Å². The van der Waals surface area contributed by atoms with E-state index in [0.717, 1.165) is 6.07 Å². The lowest BCUT2D eigenvalue weighted by atomic mass is 10.00. The van der Waals surface area contributed by atoms with Crippen LogP contribution in [0.25, 0.3) is 0 Å². The second-order valence-corrected chi connectivity index (χ2v) is 4.96. The Morgan fingerprint density at radius 1 is 0.958 bits per heavy atom. The van der Waals surface area contributed by atoms with Gasteiger partial charge in [-0.25, -0.2) is 8.78 Å². The highest BCUT2D eigenvalue weighted by Gasteiger charge is 2.21. The minimum atomic E-state index is -0.815. The summed E-state index contributed by atoms with van der Waals surface area (Å²) in [5, 5.41) is 0. The summed E-state index contributed by atoms with van der Waals surface area (Å²) in [5.74, 6) is -1.72. The molecule has 24 heavy (non-hydrogen) atoms. The van der Waals surface area contributed by atoms with Crippen LogP contribution in [0.3, 0.4) is 0 Å². The van der Waals surface area contributed by atoms with Gasteiger partial charge in [-0.2, -0.15) is 0 Å². The van der Waals surface area contributed by atoms with Crippen LogP contribution in [0.2, 0.25) is 0 Å². The minimum Gasteiger partial charge on any atom is -0.451 e. The lowest BCUT2D eigenvalue weighted by molar-refractivity contribution is 0.403. The second-order valence-electron chi connectivity index (χ2n) is 4.96. The number of halogens is 3. The molecule has 0 amide bonds. The molecule has 124 valence electrons. The molecule has 0 radical (unpaired) electrons. The maximum Gasteiger partial charge on any atom is 0.198 e. The van der Waals surface area contributed by atoms with Crippen LogP contribution >= 0.6 is 12.4 Å². The van der Waals surface area contributed by atoms with Gasteiger partial charge in [0.05, 0.1) is 6.04 Å². The van der Waals surface area contributed by atoms with Crippen LogP contribution in [0.15, 0.2) is 67.0 Å². The zero-order valence-electron chi connectivity index (χ0n) is 12.5. The topological polar surface area (TPSA) is 48.1 Å². The predicted molar refractivity (Wildman–Crippen MR) is 90.4 cm³/mol. The fourth-order valence-corrected chi connectivity index (χ4v) is 2.23. The van der Waals surface area contributed by atoms with E-state index in [1.54, 1.807) is 54.9 Å². The van der Waals surface area contributed by atoms with Crippen molar-refractivity contribution < 1.29 is 13.5 Å². The molecule has 1 unspecified atom stereocenters. The summed E-state index contributed by atoms with van der Waals surface area (Å²) >= 11 is 0. The number of nitrogens with two attached hydrogens (primary N) is 1. The van der Waals surface area contributed by atoms with Crippen molar-refractivity contribution >= 4 is 12.4 Å². The number of hydrogen-bond acceptors (Lipinski definition) is 3. The molecule has 2 aromatic carbocycles. The van der Waals surface area contributed by atoms with Crippen LogP contribution < -0.4 is 10.5 Å². The number of rotatable bonds is 4.